The highest BCUT2D eigenvalue weighted by Gasteiger charge is 2.23. The highest BCUT2D eigenvalue weighted by Crippen LogP contribution is 2.48. The summed E-state index contributed by atoms with van der Waals surface area (Å²) in [5.74, 6) is 0.718. The van der Waals surface area contributed by atoms with Gasteiger partial charge in [-0.15, -0.1) is 0 Å². The molecular weight excluding hydrogens is 619 g/mol. The van der Waals surface area contributed by atoms with Crippen molar-refractivity contribution in [2.24, 2.45) is 0 Å². The van der Waals surface area contributed by atoms with Crippen molar-refractivity contribution in [2.75, 3.05) is 0 Å². The maximum atomic E-state index is 5.28. The molecule has 0 atom stereocenters. The van der Waals surface area contributed by atoms with Gasteiger partial charge in [0, 0.05) is 43.7 Å². The van der Waals surface area contributed by atoms with Gasteiger partial charge in [0.1, 0.15) is 0 Å². The van der Waals surface area contributed by atoms with Crippen LogP contribution < -0.4 is 0 Å². The van der Waals surface area contributed by atoms with E-state index in [1.54, 1.807) is 0 Å². The van der Waals surface area contributed by atoms with Crippen molar-refractivity contribution in [3.8, 4) is 28.3 Å². The highest BCUT2D eigenvalue weighted by atomic mass is 15.0. The van der Waals surface area contributed by atoms with Gasteiger partial charge in [0.05, 0.1) is 22.2 Å². The molecule has 0 spiro atoms. The van der Waals surface area contributed by atoms with Gasteiger partial charge >= 0.3 is 0 Å². The van der Waals surface area contributed by atoms with E-state index in [9.17, 15) is 0 Å². The van der Waals surface area contributed by atoms with Gasteiger partial charge in [-0.25, -0.2) is 9.97 Å². The molecule has 3 nitrogen and oxygen atoms in total. The minimum atomic E-state index is 0.718. The average Bonchev–Trinajstić information content (AvgIpc) is 3.55. The lowest BCUT2D eigenvalue weighted by molar-refractivity contribution is 1.18. The van der Waals surface area contributed by atoms with E-state index in [0.717, 1.165) is 44.8 Å². The first-order chi connectivity index (χ1) is 25.3. The lowest BCUT2D eigenvalue weighted by atomic mass is 9.88. The van der Waals surface area contributed by atoms with E-state index in [1.807, 2.05) is 6.07 Å². The maximum Gasteiger partial charge on any atom is 0.160 e. The molecule has 2 heterocycles. The molecule has 0 amide bonds. The van der Waals surface area contributed by atoms with Crippen LogP contribution in [0.5, 0.6) is 0 Å². The van der Waals surface area contributed by atoms with Crippen molar-refractivity contribution in [3.63, 3.8) is 0 Å². The van der Waals surface area contributed by atoms with Gasteiger partial charge in [0.2, 0.25) is 0 Å². The zero-order valence-corrected chi connectivity index (χ0v) is 27.6. The number of hydrogen-bond acceptors (Lipinski definition) is 2. The number of rotatable bonds is 3. The van der Waals surface area contributed by atoms with E-state index < -0.39 is 0 Å². The molecule has 0 fully saturated rings. The molecule has 0 saturated carbocycles. The largest absolute Gasteiger partial charge is 0.309 e. The summed E-state index contributed by atoms with van der Waals surface area (Å²) in [6, 6.07) is 63.0. The topological polar surface area (TPSA) is 30.7 Å². The van der Waals surface area contributed by atoms with Crippen molar-refractivity contribution in [1.82, 2.24) is 14.5 Å². The summed E-state index contributed by atoms with van der Waals surface area (Å²) in [5, 5.41) is 13.6. The minimum Gasteiger partial charge on any atom is -0.309 e. The molecule has 9 aromatic carbocycles. The van der Waals surface area contributed by atoms with Crippen molar-refractivity contribution in [1.29, 1.82) is 0 Å². The first kappa shape index (κ1) is 28.0. The van der Waals surface area contributed by atoms with Gasteiger partial charge in [-0.1, -0.05) is 140 Å². The first-order valence-electron chi connectivity index (χ1n) is 17.4. The number of hydrogen-bond donors (Lipinski definition) is 0. The molecule has 0 unspecified atom stereocenters. The van der Waals surface area contributed by atoms with E-state index >= 15 is 0 Å². The van der Waals surface area contributed by atoms with Crippen LogP contribution in [0.15, 0.2) is 176 Å². The lowest BCUT2D eigenvalue weighted by Gasteiger charge is -2.16. The normalized spacial score (nSPS) is 11.9. The second-order valence-corrected chi connectivity index (χ2v) is 13.3. The first-order valence-corrected chi connectivity index (χ1v) is 17.4. The van der Waals surface area contributed by atoms with Crippen LogP contribution in [0.25, 0.3) is 104 Å². The summed E-state index contributed by atoms with van der Waals surface area (Å²) in [6.07, 6.45) is 0. The summed E-state index contributed by atoms with van der Waals surface area (Å²) in [6.45, 7) is 0. The molecule has 236 valence electrons. The summed E-state index contributed by atoms with van der Waals surface area (Å²) >= 11 is 0. The smallest absolute Gasteiger partial charge is 0.160 e. The van der Waals surface area contributed by atoms with E-state index in [0.29, 0.717) is 0 Å². The van der Waals surface area contributed by atoms with E-state index in [1.165, 1.54) is 59.4 Å². The Balaban J connectivity index is 1.36. The van der Waals surface area contributed by atoms with Gasteiger partial charge < -0.3 is 4.57 Å². The Labute approximate surface area is 293 Å². The zero-order chi connectivity index (χ0) is 33.5. The fraction of sp³-hybridized carbons (Fsp3) is 0. The summed E-state index contributed by atoms with van der Waals surface area (Å²) in [4.78, 5) is 10.4. The van der Waals surface area contributed by atoms with Crippen LogP contribution >= 0.6 is 0 Å². The van der Waals surface area contributed by atoms with E-state index in [2.05, 4.69) is 174 Å². The third-order valence-electron chi connectivity index (χ3n) is 10.5. The molecule has 11 rings (SSSR count). The molecule has 0 aliphatic heterocycles. The predicted molar refractivity (Wildman–Crippen MR) is 215 cm³/mol. The fourth-order valence-corrected chi connectivity index (χ4v) is 8.39. The Hall–Kier alpha value is -6.84. The monoisotopic (exact) mass is 647 g/mol. The SMILES string of the molecule is c1ccc(-c2nc(-c3ccc4c(c3)c3c5c6ccccc6c6ccccc6c5c5ccccc5c3n4-c3ccccc3)nc3ccccc23)cc1. The average molecular weight is 648 g/mol. The third-order valence-corrected chi connectivity index (χ3v) is 10.5. The minimum absolute atomic E-state index is 0.718. The molecule has 0 N–H and O–H groups in total. The standard InChI is InChI=1S/C48H29N3/c1-3-15-30(16-4-1)46-39-25-13-14-26-41(39)49-48(50-46)31-27-28-42-40(29-31)45-44-36-22-10-8-20-34(36)33-19-7-9-21-35(33)43(44)37-23-11-12-24-38(37)47(45)51(42)32-17-5-2-6-18-32/h1-29H. The third kappa shape index (κ3) is 4.06. The predicted octanol–water partition coefficient (Wildman–Crippen LogP) is 12.7. The summed E-state index contributed by atoms with van der Waals surface area (Å²) < 4.78 is 2.46. The van der Waals surface area contributed by atoms with Crippen LogP contribution in [-0.2, 0) is 0 Å². The maximum absolute atomic E-state index is 5.28. The van der Waals surface area contributed by atoms with Crippen LogP contribution in [0.4, 0.5) is 0 Å². The fourth-order valence-electron chi connectivity index (χ4n) is 8.39. The Kier molecular flexibility index (Phi) is 5.96. The second-order valence-electron chi connectivity index (χ2n) is 13.3. The van der Waals surface area contributed by atoms with Gasteiger partial charge in [-0.3, -0.25) is 0 Å². The summed E-state index contributed by atoms with van der Waals surface area (Å²) in [7, 11) is 0. The molecule has 0 aliphatic carbocycles. The van der Waals surface area contributed by atoms with Crippen molar-refractivity contribution in [3.05, 3.63) is 176 Å². The molecule has 2 aromatic heterocycles. The van der Waals surface area contributed by atoms with Gasteiger partial charge in [0.25, 0.3) is 0 Å². The molecule has 0 saturated heterocycles. The summed E-state index contributed by atoms with van der Waals surface area (Å²) in [5.41, 5.74) is 7.44. The number of fused-ring (bicyclic) bond motifs is 14. The number of benzene rings is 9. The quantitative estimate of drug-likeness (QED) is 0.179. The number of aromatic nitrogens is 3. The number of para-hydroxylation sites is 2. The molecule has 0 radical (unpaired) electrons. The van der Waals surface area contributed by atoms with Crippen LogP contribution in [0.1, 0.15) is 0 Å². The molecule has 51 heavy (non-hydrogen) atoms. The van der Waals surface area contributed by atoms with Crippen LogP contribution in [-0.4, -0.2) is 14.5 Å². The van der Waals surface area contributed by atoms with Crippen LogP contribution in [0.2, 0.25) is 0 Å². The van der Waals surface area contributed by atoms with Crippen molar-refractivity contribution >= 4 is 75.8 Å². The lowest BCUT2D eigenvalue weighted by Crippen LogP contribution is -1.96. The molecule has 11 aromatic rings. The molecule has 0 bridgehead atoms. The van der Waals surface area contributed by atoms with Crippen LogP contribution in [0.3, 0.4) is 0 Å². The molecular formula is C48H29N3. The Morgan fingerprint density at radius 2 is 0.902 bits per heavy atom. The van der Waals surface area contributed by atoms with Crippen molar-refractivity contribution in [2.45, 2.75) is 0 Å². The van der Waals surface area contributed by atoms with Crippen LogP contribution in [0, 0.1) is 0 Å². The van der Waals surface area contributed by atoms with E-state index in [4.69, 9.17) is 9.97 Å². The molecule has 3 heteroatoms. The number of nitrogens with zero attached hydrogens (tertiary/aromatic N) is 3. The highest BCUT2D eigenvalue weighted by molar-refractivity contribution is 6.42. The Morgan fingerprint density at radius 1 is 0.353 bits per heavy atom. The Bertz CT molecular complexity index is 3180. The second kappa shape index (κ2) is 10.8. The molecule has 0 aliphatic rings. The van der Waals surface area contributed by atoms with E-state index in [-0.39, 0.29) is 0 Å². The van der Waals surface area contributed by atoms with Gasteiger partial charge in [-0.2, -0.15) is 0 Å². The van der Waals surface area contributed by atoms with Gasteiger partial charge in [0.15, 0.2) is 5.82 Å². The zero-order valence-electron chi connectivity index (χ0n) is 27.6. The Morgan fingerprint density at radius 3 is 1.61 bits per heavy atom. The van der Waals surface area contributed by atoms with Crippen molar-refractivity contribution < 1.29 is 0 Å². The van der Waals surface area contributed by atoms with Gasteiger partial charge in [-0.05, 0) is 68.7 Å².